The fourth-order valence-corrected chi connectivity index (χ4v) is 2.78. The highest BCUT2D eigenvalue weighted by Crippen LogP contribution is 2.24. The number of nitrogens with one attached hydrogen (secondary N) is 1. The van der Waals surface area contributed by atoms with Crippen LogP contribution in [0.25, 0.3) is 0 Å². The molecule has 0 saturated carbocycles. The van der Waals surface area contributed by atoms with Crippen molar-refractivity contribution in [1.29, 1.82) is 0 Å². The van der Waals surface area contributed by atoms with Crippen LogP contribution in [-0.4, -0.2) is 7.11 Å². The molecule has 0 amide bonds. The van der Waals surface area contributed by atoms with Gasteiger partial charge in [0.25, 0.3) is 0 Å². The van der Waals surface area contributed by atoms with Gasteiger partial charge < -0.3 is 10.1 Å². The van der Waals surface area contributed by atoms with Gasteiger partial charge in [-0.3, -0.25) is 0 Å². The number of hydrogen-bond donors (Lipinski definition) is 1. The van der Waals surface area contributed by atoms with E-state index in [4.69, 9.17) is 4.74 Å². The van der Waals surface area contributed by atoms with Crippen molar-refractivity contribution in [1.82, 2.24) is 5.32 Å². The molecule has 2 nitrogen and oxygen atoms in total. The van der Waals surface area contributed by atoms with E-state index >= 15 is 0 Å². The zero-order chi connectivity index (χ0) is 15.9. The highest BCUT2D eigenvalue weighted by molar-refractivity contribution is 5.85. The molecule has 3 aromatic rings. The molecule has 0 atom stereocenters. The molecule has 3 aromatic carbocycles. The van der Waals surface area contributed by atoms with Crippen LogP contribution in [0.3, 0.4) is 0 Å². The Labute approximate surface area is 149 Å². The van der Waals surface area contributed by atoms with Gasteiger partial charge in [0.15, 0.2) is 0 Å². The van der Waals surface area contributed by atoms with Gasteiger partial charge in [-0.05, 0) is 17.2 Å². The summed E-state index contributed by atoms with van der Waals surface area (Å²) in [4.78, 5) is 0. The Morgan fingerprint density at radius 3 is 1.79 bits per heavy atom. The second-order valence-corrected chi connectivity index (χ2v) is 5.45. The summed E-state index contributed by atoms with van der Waals surface area (Å²) in [6.45, 7) is 0.748. The van der Waals surface area contributed by atoms with Crippen molar-refractivity contribution in [2.75, 3.05) is 7.11 Å². The lowest BCUT2D eigenvalue weighted by Gasteiger charge is -2.20. The normalized spacial score (nSPS) is 10.2. The van der Waals surface area contributed by atoms with E-state index in [-0.39, 0.29) is 18.4 Å². The first kappa shape index (κ1) is 18.1. The van der Waals surface area contributed by atoms with Crippen LogP contribution in [0, 0.1) is 0 Å². The summed E-state index contributed by atoms with van der Waals surface area (Å²) >= 11 is 0. The Kier molecular flexibility index (Phi) is 6.86. The van der Waals surface area contributed by atoms with Gasteiger partial charge >= 0.3 is 0 Å². The molecule has 124 valence electrons. The van der Waals surface area contributed by atoms with Crippen molar-refractivity contribution in [3.8, 4) is 5.75 Å². The van der Waals surface area contributed by atoms with Crippen molar-refractivity contribution < 1.29 is 4.74 Å². The summed E-state index contributed by atoms with van der Waals surface area (Å²) in [6, 6.07) is 29.3. The lowest BCUT2D eigenvalue weighted by Crippen LogP contribution is -2.22. The SMILES string of the molecule is COc1ccccc1CNC(c1ccccc1)c1ccccc1.Cl. The van der Waals surface area contributed by atoms with Gasteiger partial charge in [-0.1, -0.05) is 78.9 Å². The van der Waals surface area contributed by atoms with Gasteiger partial charge in [-0.15, -0.1) is 12.4 Å². The first-order chi connectivity index (χ1) is 11.4. The maximum absolute atomic E-state index is 5.45. The standard InChI is InChI=1S/C21H21NO.ClH/c1-23-20-15-9-8-14-19(20)16-22-21(17-10-4-2-5-11-17)18-12-6-3-7-13-18;/h2-15,21-22H,16H2,1H3;1H. The van der Waals surface area contributed by atoms with Gasteiger partial charge in [0.05, 0.1) is 13.2 Å². The molecule has 24 heavy (non-hydrogen) atoms. The van der Waals surface area contributed by atoms with Crippen molar-refractivity contribution in [2.24, 2.45) is 0 Å². The van der Waals surface area contributed by atoms with Crippen LogP contribution in [0.4, 0.5) is 0 Å². The summed E-state index contributed by atoms with van der Waals surface area (Å²) in [6.07, 6.45) is 0. The van der Waals surface area contributed by atoms with Crippen molar-refractivity contribution in [3.63, 3.8) is 0 Å². The van der Waals surface area contributed by atoms with Crippen LogP contribution in [0.2, 0.25) is 0 Å². The van der Waals surface area contributed by atoms with Gasteiger partial charge in [-0.25, -0.2) is 0 Å². The molecule has 0 aliphatic heterocycles. The Morgan fingerprint density at radius 2 is 1.25 bits per heavy atom. The fourth-order valence-electron chi connectivity index (χ4n) is 2.78. The molecule has 0 saturated heterocycles. The van der Waals surface area contributed by atoms with E-state index in [1.165, 1.54) is 11.1 Å². The summed E-state index contributed by atoms with van der Waals surface area (Å²) in [5.41, 5.74) is 3.68. The van der Waals surface area contributed by atoms with E-state index < -0.39 is 0 Å². The molecule has 0 spiro atoms. The largest absolute Gasteiger partial charge is 0.496 e. The predicted octanol–water partition coefficient (Wildman–Crippen LogP) is 5.00. The molecule has 3 rings (SSSR count). The average Bonchev–Trinajstić information content (AvgIpc) is 2.64. The molecule has 0 aromatic heterocycles. The first-order valence-electron chi connectivity index (χ1n) is 7.83. The minimum absolute atomic E-state index is 0. The third-order valence-electron chi connectivity index (χ3n) is 3.95. The molecule has 0 fully saturated rings. The number of para-hydroxylation sites is 1. The topological polar surface area (TPSA) is 21.3 Å². The molecule has 0 aliphatic carbocycles. The third-order valence-corrected chi connectivity index (χ3v) is 3.95. The number of ether oxygens (including phenoxy) is 1. The highest BCUT2D eigenvalue weighted by Gasteiger charge is 2.13. The van der Waals surface area contributed by atoms with Crippen LogP contribution < -0.4 is 10.1 Å². The Bertz CT molecular complexity index is 692. The number of benzene rings is 3. The molecular weight excluding hydrogens is 318 g/mol. The quantitative estimate of drug-likeness (QED) is 0.682. The van der Waals surface area contributed by atoms with E-state index in [1.54, 1.807) is 7.11 Å². The maximum atomic E-state index is 5.45. The molecule has 0 aliphatic rings. The van der Waals surface area contributed by atoms with E-state index in [2.05, 4.69) is 59.9 Å². The van der Waals surface area contributed by atoms with E-state index in [1.807, 2.05) is 30.3 Å². The summed E-state index contributed by atoms with van der Waals surface area (Å²) in [5.74, 6) is 0.917. The highest BCUT2D eigenvalue weighted by atomic mass is 35.5. The summed E-state index contributed by atoms with van der Waals surface area (Å²) in [5, 5.41) is 3.66. The van der Waals surface area contributed by atoms with E-state index in [0.717, 1.165) is 17.9 Å². The number of rotatable bonds is 6. The summed E-state index contributed by atoms with van der Waals surface area (Å²) < 4.78 is 5.45. The number of hydrogen-bond acceptors (Lipinski definition) is 2. The molecule has 0 radical (unpaired) electrons. The maximum Gasteiger partial charge on any atom is 0.123 e. The first-order valence-corrected chi connectivity index (χ1v) is 7.83. The molecule has 0 bridgehead atoms. The van der Waals surface area contributed by atoms with Crippen LogP contribution in [0.1, 0.15) is 22.7 Å². The zero-order valence-electron chi connectivity index (χ0n) is 13.7. The molecule has 0 heterocycles. The van der Waals surface area contributed by atoms with Crippen molar-refractivity contribution >= 4 is 12.4 Å². The minimum Gasteiger partial charge on any atom is -0.496 e. The second kappa shape index (κ2) is 9.11. The molecular formula is C21H22ClNO. The van der Waals surface area contributed by atoms with Crippen LogP contribution >= 0.6 is 12.4 Å². The van der Waals surface area contributed by atoms with Crippen LogP contribution in [0.15, 0.2) is 84.9 Å². The third kappa shape index (κ3) is 4.38. The van der Waals surface area contributed by atoms with Crippen LogP contribution in [0.5, 0.6) is 5.75 Å². The van der Waals surface area contributed by atoms with Gasteiger partial charge in [0, 0.05) is 12.1 Å². The van der Waals surface area contributed by atoms with Gasteiger partial charge in [0.2, 0.25) is 0 Å². The van der Waals surface area contributed by atoms with E-state index in [9.17, 15) is 0 Å². The lowest BCUT2D eigenvalue weighted by molar-refractivity contribution is 0.406. The smallest absolute Gasteiger partial charge is 0.123 e. The van der Waals surface area contributed by atoms with Crippen LogP contribution in [-0.2, 0) is 6.54 Å². The zero-order valence-corrected chi connectivity index (χ0v) is 14.5. The lowest BCUT2D eigenvalue weighted by atomic mass is 9.98. The molecule has 0 unspecified atom stereocenters. The predicted molar refractivity (Wildman–Crippen MR) is 102 cm³/mol. The van der Waals surface area contributed by atoms with Gasteiger partial charge in [0.1, 0.15) is 5.75 Å². The fraction of sp³-hybridized carbons (Fsp3) is 0.143. The minimum atomic E-state index is 0. The number of methoxy groups -OCH3 is 1. The Balaban J connectivity index is 0.00000208. The monoisotopic (exact) mass is 339 g/mol. The second-order valence-electron chi connectivity index (χ2n) is 5.45. The Morgan fingerprint density at radius 1 is 0.750 bits per heavy atom. The molecule has 3 heteroatoms. The Hall–Kier alpha value is -2.29. The van der Waals surface area contributed by atoms with Crippen molar-refractivity contribution in [3.05, 3.63) is 102 Å². The van der Waals surface area contributed by atoms with Crippen molar-refractivity contribution in [2.45, 2.75) is 12.6 Å². The average molecular weight is 340 g/mol. The van der Waals surface area contributed by atoms with E-state index in [0.29, 0.717) is 0 Å². The van der Waals surface area contributed by atoms with Gasteiger partial charge in [-0.2, -0.15) is 0 Å². The number of halogens is 1. The molecule has 1 N–H and O–H groups in total. The summed E-state index contributed by atoms with van der Waals surface area (Å²) in [7, 11) is 1.71.